The van der Waals surface area contributed by atoms with Crippen LogP contribution in [0.4, 0.5) is 0 Å². The van der Waals surface area contributed by atoms with Crippen molar-refractivity contribution in [3.05, 3.63) is 48.0 Å². The van der Waals surface area contributed by atoms with Crippen LogP contribution in [0.1, 0.15) is 10.4 Å². The Kier molecular flexibility index (Phi) is 3.90. The summed E-state index contributed by atoms with van der Waals surface area (Å²) in [6.45, 7) is 1.68. The molecule has 3 nitrogen and oxygen atoms in total. The zero-order valence-electron chi connectivity index (χ0n) is 11.1. The van der Waals surface area contributed by atoms with E-state index < -0.39 is 0 Å². The molecular weight excluding hydrogens is 274 g/mol. The summed E-state index contributed by atoms with van der Waals surface area (Å²) in [6.07, 6.45) is 0. The van der Waals surface area contributed by atoms with Gasteiger partial charge in [-0.2, -0.15) is 0 Å². The van der Waals surface area contributed by atoms with Crippen molar-refractivity contribution in [3.63, 3.8) is 0 Å². The minimum atomic E-state index is -0.0446. The number of ether oxygens (including phenoxy) is 1. The van der Waals surface area contributed by atoms with E-state index >= 15 is 0 Å². The van der Waals surface area contributed by atoms with Crippen molar-refractivity contribution in [3.8, 4) is 0 Å². The van der Waals surface area contributed by atoms with E-state index in [2.05, 4.69) is 0 Å². The molecule has 2 aromatic carbocycles. The third-order valence-corrected chi connectivity index (χ3v) is 4.04. The van der Waals surface area contributed by atoms with E-state index in [4.69, 9.17) is 16.3 Å². The molecule has 1 unspecified atom stereocenters. The molecule has 0 bridgehead atoms. The number of hydrogen-bond donors (Lipinski definition) is 0. The fraction of sp³-hybridized carbons (Fsp3) is 0.312. The normalized spacial score (nSPS) is 19.2. The van der Waals surface area contributed by atoms with Gasteiger partial charge in [0, 0.05) is 18.0 Å². The predicted octanol–water partition coefficient (Wildman–Crippen LogP) is 2.92. The number of amides is 1. The molecule has 1 saturated heterocycles. The summed E-state index contributed by atoms with van der Waals surface area (Å²) in [5.74, 6) is 0.437. The minimum absolute atomic E-state index is 0.0377. The Balaban J connectivity index is 1.99. The smallest absolute Gasteiger partial charge is 0.254 e. The molecule has 4 heteroatoms. The largest absolute Gasteiger partial charge is 0.377 e. The number of rotatable bonds is 2. The molecule has 1 aliphatic rings. The average Bonchev–Trinajstić information content (AvgIpc) is 2.53. The molecule has 2 aromatic rings. The third-order valence-electron chi connectivity index (χ3n) is 3.69. The molecule has 1 heterocycles. The lowest BCUT2D eigenvalue weighted by molar-refractivity contribution is 0.00467. The van der Waals surface area contributed by atoms with Gasteiger partial charge in [-0.25, -0.2) is 0 Å². The molecule has 0 N–H and O–H groups in total. The Morgan fingerprint density at radius 1 is 1.25 bits per heavy atom. The number of hydrogen-bond acceptors (Lipinski definition) is 2. The maximum atomic E-state index is 12.8. The molecule has 1 aliphatic heterocycles. The van der Waals surface area contributed by atoms with E-state index in [1.165, 1.54) is 0 Å². The zero-order valence-corrected chi connectivity index (χ0v) is 11.8. The van der Waals surface area contributed by atoms with Crippen LogP contribution in [0, 0.1) is 0 Å². The summed E-state index contributed by atoms with van der Waals surface area (Å²) in [4.78, 5) is 14.6. The van der Waals surface area contributed by atoms with Crippen LogP contribution in [0.3, 0.4) is 0 Å². The minimum Gasteiger partial charge on any atom is -0.377 e. The average molecular weight is 290 g/mol. The molecule has 0 radical (unpaired) electrons. The lowest BCUT2D eigenvalue weighted by Crippen LogP contribution is -2.49. The Morgan fingerprint density at radius 2 is 2.05 bits per heavy atom. The Hall–Kier alpha value is -1.58. The second-order valence-corrected chi connectivity index (χ2v) is 5.22. The highest BCUT2D eigenvalue weighted by Gasteiger charge is 2.28. The standard InChI is InChI=1S/C16H16ClNO2/c17-10-13-11-20-9-8-18(13)16(19)15-7-3-5-12-4-1-2-6-14(12)15/h1-7,13H,8-11H2. The van der Waals surface area contributed by atoms with E-state index in [-0.39, 0.29) is 11.9 Å². The number of benzene rings is 2. The van der Waals surface area contributed by atoms with Gasteiger partial charge in [-0.3, -0.25) is 4.79 Å². The first-order valence-electron chi connectivity index (χ1n) is 6.73. The molecule has 104 valence electrons. The summed E-state index contributed by atoms with van der Waals surface area (Å²) < 4.78 is 5.40. The van der Waals surface area contributed by atoms with Crippen LogP contribution in [-0.4, -0.2) is 42.5 Å². The maximum absolute atomic E-state index is 12.8. The fourth-order valence-corrected chi connectivity index (χ4v) is 2.87. The zero-order chi connectivity index (χ0) is 13.9. The summed E-state index contributed by atoms with van der Waals surface area (Å²) in [5, 5.41) is 2.06. The monoisotopic (exact) mass is 289 g/mol. The fourth-order valence-electron chi connectivity index (χ4n) is 2.62. The van der Waals surface area contributed by atoms with Crippen molar-refractivity contribution < 1.29 is 9.53 Å². The number of alkyl halides is 1. The second kappa shape index (κ2) is 5.81. The van der Waals surface area contributed by atoms with E-state index in [1.54, 1.807) is 0 Å². The van der Waals surface area contributed by atoms with Crippen LogP contribution in [0.25, 0.3) is 10.8 Å². The van der Waals surface area contributed by atoms with Crippen LogP contribution < -0.4 is 0 Å². The molecule has 0 aromatic heterocycles. The molecule has 20 heavy (non-hydrogen) atoms. The molecule has 3 rings (SSSR count). The van der Waals surface area contributed by atoms with Gasteiger partial charge < -0.3 is 9.64 Å². The van der Waals surface area contributed by atoms with E-state index in [0.717, 1.165) is 16.3 Å². The summed E-state index contributed by atoms with van der Waals surface area (Å²) >= 11 is 5.95. The van der Waals surface area contributed by atoms with Crippen LogP contribution in [0.15, 0.2) is 42.5 Å². The highest BCUT2D eigenvalue weighted by molar-refractivity contribution is 6.18. The van der Waals surface area contributed by atoms with Crippen LogP contribution in [0.2, 0.25) is 0 Å². The molecule has 1 amide bonds. The predicted molar refractivity (Wildman–Crippen MR) is 80.3 cm³/mol. The molecular formula is C16H16ClNO2. The number of fused-ring (bicyclic) bond motifs is 1. The van der Waals surface area contributed by atoms with Crippen molar-refractivity contribution in [1.82, 2.24) is 4.90 Å². The van der Waals surface area contributed by atoms with Crippen molar-refractivity contribution in [2.75, 3.05) is 25.6 Å². The van der Waals surface area contributed by atoms with Gasteiger partial charge in [-0.15, -0.1) is 11.6 Å². The summed E-state index contributed by atoms with van der Waals surface area (Å²) in [7, 11) is 0. The van der Waals surface area contributed by atoms with Gasteiger partial charge in [0.2, 0.25) is 0 Å². The second-order valence-electron chi connectivity index (χ2n) is 4.91. The molecule has 0 spiro atoms. The topological polar surface area (TPSA) is 29.5 Å². The van der Waals surface area contributed by atoms with Gasteiger partial charge in [0.05, 0.1) is 19.3 Å². The molecule has 0 aliphatic carbocycles. The van der Waals surface area contributed by atoms with Crippen molar-refractivity contribution in [2.45, 2.75) is 6.04 Å². The van der Waals surface area contributed by atoms with Gasteiger partial charge in [0.25, 0.3) is 5.91 Å². The lowest BCUT2D eigenvalue weighted by atomic mass is 10.0. The van der Waals surface area contributed by atoms with Crippen molar-refractivity contribution in [2.24, 2.45) is 0 Å². The lowest BCUT2D eigenvalue weighted by Gasteiger charge is -2.34. The van der Waals surface area contributed by atoms with Gasteiger partial charge in [-0.1, -0.05) is 36.4 Å². The Bertz CT molecular complexity index is 623. The Labute approximate surface area is 123 Å². The maximum Gasteiger partial charge on any atom is 0.254 e. The SMILES string of the molecule is O=C(c1cccc2ccccc12)N1CCOCC1CCl. The number of morpholine rings is 1. The van der Waals surface area contributed by atoms with Crippen LogP contribution in [0.5, 0.6) is 0 Å². The van der Waals surface area contributed by atoms with Crippen molar-refractivity contribution in [1.29, 1.82) is 0 Å². The van der Waals surface area contributed by atoms with Crippen LogP contribution in [-0.2, 0) is 4.74 Å². The van der Waals surface area contributed by atoms with Gasteiger partial charge >= 0.3 is 0 Å². The summed E-state index contributed by atoms with van der Waals surface area (Å²) in [6, 6.07) is 13.7. The van der Waals surface area contributed by atoms with E-state index in [1.807, 2.05) is 47.4 Å². The first-order chi connectivity index (χ1) is 9.81. The van der Waals surface area contributed by atoms with E-state index in [9.17, 15) is 4.79 Å². The quantitative estimate of drug-likeness (QED) is 0.796. The summed E-state index contributed by atoms with van der Waals surface area (Å²) in [5.41, 5.74) is 0.736. The number of carbonyl (C=O) groups excluding carboxylic acids is 1. The van der Waals surface area contributed by atoms with E-state index in [0.29, 0.717) is 25.6 Å². The highest BCUT2D eigenvalue weighted by atomic mass is 35.5. The number of halogens is 1. The molecule has 0 saturated carbocycles. The first-order valence-corrected chi connectivity index (χ1v) is 7.27. The highest BCUT2D eigenvalue weighted by Crippen LogP contribution is 2.22. The number of carbonyl (C=O) groups is 1. The van der Waals surface area contributed by atoms with Gasteiger partial charge in [0.15, 0.2) is 0 Å². The number of nitrogens with zero attached hydrogens (tertiary/aromatic N) is 1. The molecule has 1 fully saturated rings. The van der Waals surface area contributed by atoms with Gasteiger partial charge in [-0.05, 0) is 16.8 Å². The van der Waals surface area contributed by atoms with Crippen LogP contribution >= 0.6 is 11.6 Å². The van der Waals surface area contributed by atoms with Crippen molar-refractivity contribution >= 4 is 28.3 Å². The third kappa shape index (κ3) is 2.39. The molecule has 1 atom stereocenters. The Morgan fingerprint density at radius 3 is 2.90 bits per heavy atom. The first kappa shape index (κ1) is 13.4. The van der Waals surface area contributed by atoms with Gasteiger partial charge in [0.1, 0.15) is 0 Å².